The van der Waals surface area contributed by atoms with Gasteiger partial charge >= 0.3 is 5.97 Å². The first-order valence-corrected chi connectivity index (χ1v) is 7.71. The van der Waals surface area contributed by atoms with Crippen LogP contribution in [0.3, 0.4) is 0 Å². The van der Waals surface area contributed by atoms with Gasteiger partial charge in [0, 0.05) is 0 Å². The summed E-state index contributed by atoms with van der Waals surface area (Å²) in [7, 11) is -3.98. The molecule has 1 saturated carbocycles. The first-order chi connectivity index (χ1) is 8.50. The zero-order chi connectivity index (χ0) is 13.2. The molecule has 0 atom stereocenters. The highest BCUT2D eigenvalue weighted by molar-refractivity contribution is 7.91. The standard InChI is InChI=1S/C9H12N2O5S2/c12-8(13)7-9(17-5-10-7)18(14,15)11-16-6-3-1-2-4-6/h5-6,11H,1-4H2,(H,12,13). The first-order valence-electron chi connectivity index (χ1n) is 5.35. The molecule has 2 N–H and O–H groups in total. The maximum atomic E-state index is 11.8. The molecule has 0 saturated heterocycles. The Bertz CT molecular complexity index is 533. The minimum Gasteiger partial charge on any atom is -0.476 e. The molecule has 0 radical (unpaired) electrons. The third-order valence-corrected chi connectivity index (χ3v) is 5.17. The molecule has 2 rings (SSSR count). The summed E-state index contributed by atoms with van der Waals surface area (Å²) >= 11 is 0.745. The zero-order valence-corrected chi connectivity index (χ0v) is 11.0. The number of carboxylic acids is 1. The molecule has 0 aliphatic heterocycles. The summed E-state index contributed by atoms with van der Waals surface area (Å²) in [4.78, 5) is 21.4. The zero-order valence-electron chi connectivity index (χ0n) is 9.33. The quantitative estimate of drug-likeness (QED) is 0.784. The molecular formula is C9H12N2O5S2. The summed E-state index contributed by atoms with van der Waals surface area (Å²) in [6, 6.07) is 0. The Kier molecular flexibility index (Phi) is 3.95. The molecule has 0 unspecified atom stereocenters. The molecule has 100 valence electrons. The summed E-state index contributed by atoms with van der Waals surface area (Å²) in [6.07, 6.45) is 3.48. The molecule has 0 amide bonds. The predicted octanol–water partition coefficient (Wildman–Crippen LogP) is 0.994. The Hall–Kier alpha value is -1.03. The van der Waals surface area contributed by atoms with Gasteiger partial charge in [0.25, 0.3) is 10.0 Å². The van der Waals surface area contributed by atoms with Crippen LogP contribution in [-0.2, 0) is 14.9 Å². The normalized spacial score (nSPS) is 17.1. The van der Waals surface area contributed by atoms with Gasteiger partial charge in [0.2, 0.25) is 0 Å². The summed E-state index contributed by atoms with van der Waals surface area (Å²) < 4.78 is 23.4. The fraction of sp³-hybridized carbons (Fsp3) is 0.556. The van der Waals surface area contributed by atoms with Gasteiger partial charge < -0.3 is 5.11 Å². The van der Waals surface area contributed by atoms with E-state index in [0.717, 1.165) is 37.0 Å². The van der Waals surface area contributed by atoms with E-state index in [9.17, 15) is 13.2 Å². The van der Waals surface area contributed by atoms with E-state index in [2.05, 4.69) is 4.98 Å². The van der Waals surface area contributed by atoms with Crippen molar-refractivity contribution in [3.8, 4) is 0 Å². The van der Waals surface area contributed by atoms with E-state index < -0.39 is 21.7 Å². The van der Waals surface area contributed by atoms with Crippen LogP contribution in [0.1, 0.15) is 36.2 Å². The van der Waals surface area contributed by atoms with Gasteiger partial charge in [-0.25, -0.2) is 18.2 Å². The van der Waals surface area contributed by atoms with Crippen molar-refractivity contribution in [1.82, 2.24) is 9.87 Å². The third kappa shape index (κ3) is 2.86. The van der Waals surface area contributed by atoms with E-state index in [1.165, 1.54) is 5.51 Å². The highest BCUT2D eigenvalue weighted by Crippen LogP contribution is 2.23. The number of nitrogens with zero attached hydrogens (tertiary/aromatic N) is 1. The summed E-state index contributed by atoms with van der Waals surface area (Å²) in [5.41, 5.74) is 0.690. The first kappa shape index (κ1) is 13.4. The Labute approximate surface area is 108 Å². The van der Waals surface area contributed by atoms with E-state index in [4.69, 9.17) is 9.94 Å². The molecule has 1 aromatic rings. The average Bonchev–Trinajstić information content (AvgIpc) is 2.98. The summed E-state index contributed by atoms with van der Waals surface area (Å²) in [5.74, 6) is -1.38. The highest BCUT2D eigenvalue weighted by Gasteiger charge is 2.27. The lowest BCUT2D eigenvalue weighted by atomic mass is 10.3. The average molecular weight is 292 g/mol. The van der Waals surface area contributed by atoms with Gasteiger partial charge in [0.05, 0.1) is 11.6 Å². The van der Waals surface area contributed by atoms with Crippen LogP contribution in [0.2, 0.25) is 0 Å². The monoisotopic (exact) mass is 292 g/mol. The van der Waals surface area contributed by atoms with Crippen LogP contribution in [0.15, 0.2) is 9.72 Å². The lowest BCUT2D eigenvalue weighted by Crippen LogP contribution is -2.29. The van der Waals surface area contributed by atoms with Crippen LogP contribution in [0.25, 0.3) is 0 Å². The second-order valence-electron chi connectivity index (χ2n) is 3.90. The lowest BCUT2D eigenvalue weighted by molar-refractivity contribution is 0.0224. The highest BCUT2D eigenvalue weighted by atomic mass is 32.2. The summed E-state index contributed by atoms with van der Waals surface area (Å²) in [5, 5.41) is 8.81. The summed E-state index contributed by atoms with van der Waals surface area (Å²) in [6.45, 7) is 0. The number of thiazole rings is 1. The second kappa shape index (κ2) is 5.31. The molecule has 1 heterocycles. The lowest BCUT2D eigenvalue weighted by Gasteiger charge is -2.11. The molecular weight excluding hydrogens is 280 g/mol. The van der Waals surface area contributed by atoms with Crippen molar-refractivity contribution in [2.75, 3.05) is 0 Å². The van der Waals surface area contributed by atoms with Crippen LogP contribution in [0.5, 0.6) is 0 Å². The molecule has 0 spiro atoms. The van der Waals surface area contributed by atoms with Crippen LogP contribution >= 0.6 is 11.3 Å². The second-order valence-corrected chi connectivity index (χ2v) is 6.60. The van der Waals surface area contributed by atoms with Crippen molar-refractivity contribution in [3.05, 3.63) is 11.2 Å². The fourth-order valence-corrected chi connectivity index (χ4v) is 3.72. The fourth-order valence-electron chi connectivity index (χ4n) is 1.74. The number of hydrogen-bond donors (Lipinski definition) is 2. The van der Waals surface area contributed by atoms with Gasteiger partial charge in [-0.15, -0.1) is 11.3 Å². The van der Waals surface area contributed by atoms with Crippen molar-refractivity contribution >= 4 is 27.3 Å². The molecule has 7 nitrogen and oxygen atoms in total. The van der Waals surface area contributed by atoms with E-state index in [1.54, 1.807) is 0 Å². The molecule has 1 aromatic heterocycles. The number of carbonyl (C=O) groups is 1. The minimum atomic E-state index is -3.98. The van der Waals surface area contributed by atoms with Crippen molar-refractivity contribution in [2.24, 2.45) is 0 Å². The van der Waals surface area contributed by atoms with E-state index in [-0.39, 0.29) is 10.3 Å². The van der Waals surface area contributed by atoms with Gasteiger partial charge in [0.1, 0.15) is 0 Å². The van der Waals surface area contributed by atoms with Gasteiger partial charge in [0.15, 0.2) is 9.90 Å². The van der Waals surface area contributed by atoms with Crippen molar-refractivity contribution in [2.45, 2.75) is 36.0 Å². The molecule has 1 aliphatic carbocycles. The maximum Gasteiger partial charge on any atom is 0.356 e. The number of sulfonamides is 1. The molecule has 1 fully saturated rings. The van der Waals surface area contributed by atoms with Gasteiger partial charge in [-0.2, -0.15) is 0 Å². The van der Waals surface area contributed by atoms with Gasteiger partial charge in [-0.3, -0.25) is 4.84 Å². The van der Waals surface area contributed by atoms with Crippen LogP contribution in [0, 0.1) is 0 Å². The van der Waals surface area contributed by atoms with Gasteiger partial charge in [-0.1, -0.05) is 17.7 Å². The predicted molar refractivity (Wildman–Crippen MR) is 62.7 cm³/mol. The Balaban J connectivity index is 2.09. The van der Waals surface area contributed by atoms with Gasteiger partial charge in [-0.05, 0) is 12.8 Å². The third-order valence-electron chi connectivity index (χ3n) is 2.61. The molecule has 1 aliphatic rings. The Morgan fingerprint density at radius 2 is 2.17 bits per heavy atom. The van der Waals surface area contributed by atoms with Crippen molar-refractivity contribution in [3.63, 3.8) is 0 Å². The number of aromatic nitrogens is 1. The van der Waals surface area contributed by atoms with Crippen LogP contribution < -0.4 is 4.89 Å². The molecule has 9 heteroatoms. The van der Waals surface area contributed by atoms with E-state index in [1.807, 2.05) is 4.89 Å². The maximum absolute atomic E-state index is 11.8. The number of hydrogen-bond acceptors (Lipinski definition) is 6. The Morgan fingerprint density at radius 1 is 1.50 bits per heavy atom. The smallest absolute Gasteiger partial charge is 0.356 e. The Morgan fingerprint density at radius 3 is 2.78 bits per heavy atom. The van der Waals surface area contributed by atoms with Crippen molar-refractivity contribution < 1.29 is 23.2 Å². The molecule has 0 bridgehead atoms. The van der Waals surface area contributed by atoms with Crippen LogP contribution in [-0.4, -0.2) is 30.6 Å². The topological polar surface area (TPSA) is 106 Å². The van der Waals surface area contributed by atoms with Crippen molar-refractivity contribution in [1.29, 1.82) is 0 Å². The minimum absolute atomic E-state index is 0.138. The number of aromatic carboxylic acids is 1. The number of nitrogens with one attached hydrogen (secondary N) is 1. The number of carboxylic acid groups (broad SMARTS) is 1. The van der Waals surface area contributed by atoms with E-state index >= 15 is 0 Å². The van der Waals surface area contributed by atoms with Crippen LogP contribution in [0.4, 0.5) is 0 Å². The number of rotatable bonds is 5. The largest absolute Gasteiger partial charge is 0.476 e. The van der Waals surface area contributed by atoms with E-state index in [0.29, 0.717) is 0 Å². The SMILES string of the molecule is O=C(O)c1ncsc1S(=O)(=O)NOC1CCCC1. The molecule has 0 aromatic carbocycles. The molecule has 18 heavy (non-hydrogen) atoms.